The molecule has 0 saturated carbocycles. The Balaban J connectivity index is 1.66. The molecular weight excluding hydrogens is 326 g/mol. The minimum absolute atomic E-state index is 0.0746. The van der Waals surface area contributed by atoms with Crippen molar-refractivity contribution in [3.05, 3.63) is 71.8 Å². The molecule has 4 heteroatoms. The van der Waals surface area contributed by atoms with Crippen LogP contribution in [0.15, 0.2) is 60.7 Å². The van der Waals surface area contributed by atoms with Gasteiger partial charge in [0, 0.05) is 19.5 Å². The molecule has 2 aromatic rings. The van der Waals surface area contributed by atoms with E-state index in [1.165, 1.54) is 11.1 Å². The number of aliphatic carboxylic acids is 1. The molecule has 0 radical (unpaired) electrons. The molecule has 0 bridgehead atoms. The SMILES string of the molecule is O=C(O)C1CCN(C(=O)CC(Cc2ccccc2)Cc2ccccc2)C1. The highest BCUT2D eigenvalue weighted by Crippen LogP contribution is 2.22. The Morgan fingerprint density at radius 1 is 0.962 bits per heavy atom. The van der Waals surface area contributed by atoms with Gasteiger partial charge in [-0.2, -0.15) is 0 Å². The molecule has 2 aromatic carbocycles. The minimum Gasteiger partial charge on any atom is -0.481 e. The fourth-order valence-corrected chi connectivity index (χ4v) is 3.68. The molecule has 136 valence electrons. The number of carboxylic acid groups (broad SMARTS) is 1. The van der Waals surface area contributed by atoms with Crippen LogP contribution in [0, 0.1) is 11.8 Å². The first-order valence-corrected chi connectivity index (χ1v) is 9.20. The first kappa shape index (κ1) is 18.2. The summed E-state index contributed by atoms with van der Waals surface area (Å²) >= 11 is 0. The Kier molecular flexibility index (Phi) is 6.05. The number of benzene rings is 2. The van der Waals surface area contributed by atoms with E-state index in [9.17, 15) is 9.59 Å². The summed E-state index contributed by atoms with van der Waals surface area (Å²) in [4.78, 5) is 25.6. The van der Waals surface area contributed by atoms with Gasteiger partial charge in [-0.15, -0.1) is 0 Å². The Labute approximate surface area is 154 Å². The quantitative estimate of drug-likeness (QED) is 0.832. The van der Waals surface area contributed by atoms with Crippen LogP contribution in [0.1, 0.15) is 24.0 Å². The predicted molar refractivity (Wildman–Crippen MR) is 101 cm³/mol. The second-order valence-electron chi connectivity index (χ2n) is 7.11. The third-order valence-electron chi connectivity index (χ3n) is 5.09. The topological polar surface area (TPSA) is 57.6 Å². The highest BCUT2D eigenvalue weighted by atomic mass is 16.4. The number of nitrogens with zero attached hydrogens (tertiary/aromatic N) is 1. The van der Waals surface area contributed by atoms with Crippen molar-refractivity contribution in [2.24, 2.45) is 11.8 Å². The lowest BCUT2D eigenvalue weighted by molar-refractivity contribution is -0.141. The fraction of sp³-hybridized carbons (Fsp3) is 0.364. The molecule has 26 heavy (non-hydrogen) atoms. The van der Waals surface area contributed by atoms with Gasteiger partial charge in [-0.1, -0.05) is 60.7 Å². The summed E-state index contributed by atoms with van der Waals surface area (Å²) in [5.74, 6) is -0.937. The molecule has 1 atom stereocenters. The first-order chi connectivity index (χ1) is 12.6. The van der Waals surface area contributed by atoms with Crippen molar-refractivity contribution >= 4 is 11.9 Å². The van der Waals surface area contributed by atoms with Crippen molar-refractivity contribution in [1.29, 1.82) is 0 Å². The van der Waals surface area contributed by atoms with Gasteiger partial charge in [0.05, 0.1) is 5.92 Å². The van der Waals surface area contributed by atoms with E-state index in [0.29, 0.717) is 25.9 Å². The number of carboxylic acids is 1. The molecule has 0 spiro atoms. The van der Waals surface area contributed by atoms with Crippen LogP contribution in [0.4, 0.5) is 0 Å². The van der Waals surface area contributed by atoms with Gasteiger partial charge >= 0.3 is 5.97 Å². The van der Waals surface area contributed by atoms with Gasteiger partial charge in [0.1, 0.15) is 0 Å². The summed E-state index contributed by atoms with van der Waals surface area (Å²) in [6, 6.07) is 20.5. The molecule has 1 fully saturated rings. The van der Waals surface area contributed by atoms with Crippen LogP contribution in [0.25, 0.3) is 0 Å². The maximum atomic E-state index is 12.7. The number of hydrogen-bond acceptors (Lipinski definition) is 2. The van der Waals surface area contributed by atoms with Crippen molar-refractivity contribution in [3.63, 3.8) is 0 Å². The third kappa shape index (κ3) is 4.94. The van der Waals surface area contributed by atoms with Crippen LogP contribution in [-0.2, 0) is 22.4 Å². The molecule has 1 aliphatic heterocycles. The molecule has 1 heterocycles. The Morgan fingerprint density at radius 2 is 1.50 bits per heavy atom. The number of rotatable bonds is 7. The number of carbonyl (C=O) groups is 2. The molecule has 4 nitrogen and oxygen atoms in total. The molecule has 0 aliphatic carbocycles. The second kappa shape index (κ2) is 8.65. The predicted octanol–water partition coefficient (Wildman–Crippen LogP) is 3.41. The lowest BCUT2D eigenvalue weighted by Crippen LogP contribution is -2.32. The number of carbonyl (C=O) groups excluding carboxylic acids is 1. The molecule has 1 amide bonds. The van der Waals surface area contributed by atoms with Crippen molar-refractivity contribution in [2.75, 3.05) is 13.1 Å². The Hall–Kier alpha value is -2.62. The zero-order chi connectivity index (χ0) is 18.4. The summed E-state index contributed by atoms with van der Waals surface area (Å²) in [7, 11) is 0. The Morgan fingerprint density at radius 3 is 1.96 bits per heavy atom. The number of likely N-dealkylation sites (tertiary alicyclic amines) is 1. The van der Waals surface area contributed by atoms with Gasteiger partial charge in [0.15, 0.2) is 0 Å². The molecule has 1 unspecified atom stereocenters. The maximum Gasteiger partial charge on any atom is 0.308 e. The van der Waals surface area contributed by atoms with Crippen molar-refractivity contribution in [1.82, 2.24) is 4.90 Å². The Bertz CT molecular complexity index is 688. The lowest BCUT2D eigenvalue weighted by Gasteiger charge is -2.21. The average molecular weight is 351 g/mol. The van der Waals surface area contributed by atoms with E-state index in [0.717, 1.165) is 12.8 Å². The zero-order valence-electron chi connectivity index (χ0n) is 14.9. The van der Waals surface area contributed by atoms with Crippen LogP contribution in [0.2, 0.25) is 0 Å². The van der Waals surface area contributed by atoms with Crippen molar-refractivity contribution in [3.8, 4) is 0 Å². The van der Waals surface area contributed by atoms with E-state index in [2.05, 4.69) is 24.3 Å². The van der Waals surface area contributed by atoms with Crippen molar-refractivity contribution in [2.45, 2.75) is 25.7 Å². The van der Waals surface area contributed by atoms with E-state index in [1.807, 2.05) is 36.4 Å². The van der Waals surface area contributed by atoms with Gasteiger partial charge in [-0.25, -0.2) is 0 Å². The molecule has 0 aromatic heterocycles. The number of amides is 1. The number of hydrogen-bond donors (Lipinski definition) is 1. The molecule has 1 N–H and O–H groups in total. The average Bonchev–Trinajstić information content (AvgIpc) is 3.14. The molecule has 1 saturated heterocycles. The van der Waals surface area contributed by atoms with Crippen LogP contribution < -0.4 is 0 Å². The third-order valence-corrected chi connectivity index (χ3v) is 5.09. The fourth-order valence-electron chi connectivity index (χ4n) is 3.68. The van der Waals surface area contributed by atoms with Gasteiger partial charge in [-0.05, 0) is 36.3 Å². The van der Waals surface area contributed by atoms with E-state index < -0.39 is 11.9 Å². The molecular formula is C22H25NO3. The smallest absolute Gasteiger partial charge is 0.308 e. The van der Waals surface area contributed by atoms with Crippen LogP contribution >= 0.6 is 0 Å². The highest BCUT2D eigenvalue weighted by Gasteiger charge is 2.31. The summed E-state index contributed by atoms with van der Waals surface area (Å²) in [5, 5.41) is 9.15. The highest BCUT2D eigenvalue weighted by molar-refractivity contribution is 5.79. The maximum absolute atomic E-state index is 12.7. The standard InChI is InChI=1S/C22H25NO3/c24-21(23-12-11-20(16-23)22(25)26)15-19(13-17-7-3-1-4-8-17)14-18-9-5-2-6-10-18/h1-10,19-20H,11-16H2,(H,25,26). The largest absolute Gasteiger partial charge is 0.481 e. The van der Waals surface area contributed by atoms with Gasteiger partial charge in [0.2, 0.25) is 5.91 Å². The van der Waals surface area contributed by atoms with Gasteiger partial charge in [0.25, 0.3) is 0 Å². The monoisotopic (exact) mass is 351 g/mol. The summed E-state index contributed by atoms with van der Waals surface area (Å²) in [5.41, 5.74) is 2.46. The zero-order valence-corrected chi connectivity index (χ0v) is 14.9. The summed E-state index contributed by atoms with van der Waals surface area (Å²) < 4.78 is 0. The summed E-state index contributed by atoms with van der Waals surface area (Å²) in [6.07, 6.45) is 2.70. The molecule has 3 rings (SSSR count). The van der Waals surface area contributed by atoms with Crippen LogP contribution in [0.5, 0.6) is 0 Å². The minimum atomic E-state index is -0.801. The molecule has 1 aliphatic rings. The van der Waals surface area contributed by atoms with E-state index >= 15 is 0 Å². The van der Waals surface area contributed by atoms with Crippen LogP contribution in [0.3, 0.4) is 0 Å². The van der Waals surface area contributed by atoms with Crippen LogP contribution in [-0.4, -0.2) is 35.0 Å². The van der Waals surface area contributed by atoms with Crippen molar-refractivity contribution < 1.29 is 14.7 Å². The van der Waals surface area contributed by atoms with E-state index in [1.54, 1.807) is 4.90 Å². The lowest BCUT2D eigenvalue weighted by atomic mass is 9.89. The normalized spacial score (nSPS) is 16.8. The first-order valence-electron chi connectivity index (χ1n) is 9.20. The summed E-state index contributed by atoms with van der Waals surface area (Å²) in [6.45, 7) is 0.900. The van der Waals surface area contributed by atoms with E-state index in [-0.39, 0.29) is 11.8 Å². The van der Waals surface area contributed by atoms with Gasteiger partial charge in [-0.3, -0.25) is 9.59 Å². The second-order valence-corrected chi connectivity index (χ2v) is 7.11. The van der Waals surface area contributed by atoms with E-state index in [4.69, 9.17) is 5.11 Å². The van der Waals surface area contributed by atoms with Gasteiger partial charge < -0.3 is 10.0 Å².